The Kier molecular flexibility index (Phi) is 3260. The van der Waals surface area contributed by atoms with Gasteiger partial charge in [-0.1, -0.05) is 0 Å². The van der Waals surface area contributed by atoms with E-state index >= 15 is 0 Å². The molecule has 0 saturated carbocycles. The van der Waals surface area contributed by atoms with Crippen LogP contribution in [0.15, 0.2) is 0 Å². The van der Waals surface area contributed by atoms with Gasteiger partial charge in [-0.2, -0.15) is 0 Å². The van der Waals surface area contributed by atoms with E-state index in [4.69, 9.17) is 0 Å². The third-order valence-corrected chi connectivity index (χ3v) is 0. The molecule has 4 nitrogen and oxygen atoms in total. The Labute approximate surface area is 80.4 Å². The fourth-order valence-electron chi connectivity index (χ4n) is 0. The fourth-order valence-corrected chi connectivity index (χ4v) is 0. The summed E-state index contributed by atoms with van der Waals surface area (Å²) in [6.45, 7) is 0. The number of hydrogen-bond donors (Lipinski definition) is 0. The molecule has 0 aliphatic carbocycles. The van der Waals surface area contributed by atoms with Crippen molar-refractivity contribution in [1.29, 1.82) is 0 Å². The van der Waals surface area contributed by atoms with Gasteiger partial charge in [0.1, 0.15) is 0 Å². The summed E-state index contributed by atoms with van der Waals surface area (Å²) in [6.07, 6.45) is 0. The molecule has 0 bridgehead atoms. The molecule has 1 radical (unpaired) electrons. The van der Waals surface area contributed by atoms with Crippen LogP contribution in [0, 0.1) is 0 Å². The van der Waals surface area contributed by atoms with Crippen LogP contribution in [0.4, 0.5) is 0 Å². The van der Waals surface area contributed by atoms with E-state index in [2.05, 4.69) is 0 Å². The van der Waals surface area contributed by atoms with Crippen LogP contribution in [-0.2, 0) is 38.5 Å². The van der Waals surface area contributed by atoms with Gasteiger partial charge in [-0.15, -0.1) is 0 Å². The Morgan fingerprint density at radius 3 is 0.714 bits per heavy atom. The van der Waals surface area contributed by atoms with Crippen molar-refractivity contribution in [3.8, 4) is 0 Å². The average molecular weight is 187 g/mol. The second-order valence-electron chi connectivity index (χ2n) is 0. The second-order valence-corrected chi connectivity index (χ2v) is 0. The zero-order valence-corrected chi connectivity index (χ0v) is 6.44. The summed E-state index contributed by atoms with van der Waals surface area (Å²) >= 11 is 0. The molecule has 0 spiro atoms. The van der Waals surface area contributed by atoms with Crippen molar-refractivity contribution in [3.05, 3.63) is 0 Å². The van der Waals surface area contributed by atoms with Gasteiger partial charge in [0.05, 0.1) is 0 Å². The maximum atomic E-state index is 0. The van der Waals surface area contributed by atoms with E-state index < -0.39 is 0 Å². The van der Waals surface area contributed by atoms with Gasteiger partial charge in [0.25, 0.3) is 0 Å². The summed E-state index contributed by atoms with van der Waals surface area (Å²) < 4.78 is 0. The first-order valence-corrected chi connectivity index (χ1v) is 0. The van der Waals surface area contributed by atoms with Gasteiger partial charge >= 0.3 is 18.9 Å². The largest absolute Gasteiger partial charge is 1.00 e. The second kappa shape index (κ2) is 123. The summed E-state index contributed by atoms with van der Waals surface area (Å²) in [5.74, 6) is 0. The van der Waals surface area contributed by atoms with Gasteiger partial charge < -0.3 is 23.3 Å². The summed E-state index contributed by atoms with van der Waals surface area (Å²) in [5.41, 5.74) is 0. The molecule has 47 valence electrons. The van der Waals surface area contributed by atoms with Gasteiger partial charge in [0, 0.05) is 38.5 Å². The Bertz CT molecular complexity index is 16.0. The Morgan fingerprint density at radius 1 is 0.714 bits per heavy atom. The molecule has 0 saturated heterocycles. The van der Waals surface area contributed by atoms with E-state index in [1.54, 1.807) is 0 Å². The number of rotatable bonds is 0. The molecular formula is H9CoLiO4Ti. The van der Waals surface area contributed by atoms with Gasteiger partial charge in [-0.3, -0.25) is 0 Å². The monoisotopic (exact) mass is 187 g/mol. The van der Waals surface area contributed by atoms with Crippen molar-refractivity contribution in [3.63, 3.8) is 0 Å². The van der Waals surface area contributed by atoms with Gasteiger partial charge in [-0.25, -0.2) is 0 Å². The van der Waals surface area contributed by atoms with Crippen LogP contribution in [0.3, 0.4) is 0 Å². The molecule has 0 fully saturated rings. The first kappa shape index (κ1) is 185. The van der Waals surface area contributed by atoms with Crippen LogP contribution in [0.2, 0.25) is 0 Å². The zero-order chi connectivity index (χ0) is 0. The third-order valence-electron chi connectivity index (χ3n) is 0. The molecule has 0 aliphatic rings. The molecule has 0 aromatic carbocycles. The van der Waals surface area contributed by atoms with Gasteiger partial charge in [-0.05, 0) is 0 Å². The minimum atomic E-state index is 0. The molecule has 0 heterocycles. The molecule has 7 heavy (non-hydrogen) atoms. The van der Waals surface area contributed by atoms with Crippen LogP contribution in [0.25, 0.3) is 0 Å². The molecule has 8 N–H and O–H groups in total. The first-order valence-electron chi connectivity index (χ1n) is 0. The fraction of sp³-hybridized carbons (Fsp3) is 0. The van der Waals surface area contributed by atoms with E-state index in [0.29, 0.717) is 0 Å². The minimum Gasteiger partial charge on any atom is -1.00 e. The van der Waals surface area contributed by atoms with Crippen molar-refractivity contribution in [2.24, 2.45) is 0 Å². The van der Waals surface area contributed by atoms with Crippen LogP contribution in [0.1, 0.15) is 1.43 Å². The SMILES string of the molecule is O.O.O.O.[Co].[H-].[Li+].[Ti]. The molecule has 0 amide bonds. The van der Waals surface area contributed by atoms with Crippen molar-refractivity contribution in [2.45, 2.75) is 0 Å². The third kappa shape index (κ3) is 89.2. The molecule has 0 aromatic heterocycles. The molecule has 7 heteroatoms. The van der Waals surface area contributed by atoms with Crippen molar-refractivity contribution < 1.29 is 80.7 Å². The Balaban J connectivity index is 0. The first-order chi connectivity index (χ1) is 0. The number of hydrogen-bond acceptors (Lipinski definition) is 0. The maximum Gasteiger partial charge on any atom is 1.00 e. The van der Waals surface area contributed by atoms with E-state index in [1.807, 2.05) is 0 Å². The van der Waals surface area contributed by atoms with Crippen LogP contribution < -0.4 is 18.9 Å². The van der Waals surface area contributed by atoms with Crippen molar-refractivity contribution >= 4 is 0 Å². The maximum absolute atomic E-state index is 0. The van der Waals surface area contributed by atoms with E-state index in [1.165, 1.54) is 0 Å². The van der Waals surface area contributed by atoms with Gasteiger partial charge in [0.15, 0.2) is 0 Å². The van der Waals surface area contributed by atoms with E-state index in [0.717, 1.165) is 0 Å². The predicted octanol–water partition coefficient (Wildman–Crippen LogP) is -6.19. The summed E-state index contributed by atoms with van der Waals surface area (Å²) in [5, 5.41) is 0. The summed E-state index contributed by atoms with van der Waals surface area (Å²) in [7, 11) is 0. The zero-order valence-electron chi connectivity index (χ0n) is 4.83. The summed E-state index contributed by atoms with van der Waals surface area (Å²) in [6, 6.07) is 0. The molecule has 0 unspecified atom stereocenters. The predicted molar refractivity (Wildman–Crippen MR) is 15.6 cm³/mol. The average Bonchev–Trinajstić information content (AvgIpc) is 0. The molecule has 0 atom stereocenters. The minimum absolute atomic E-state index is 0. The summed E-state index contributed by atoms with van der Waals surface area (Å²) in [4.78, 5) is 0. The molecule has 0 aliphatic heterocycles. The molecule has 0 rings (SSSR count). The van der Waals surface area contributed by atoms with E-state index in [-0.39, 0.29) is 80.7 Å². The molecular weight excluding hydrogens is 178 g/mol. The van der Waals surface area contributed by atoms with Crippen LogP contribution in [-0.4, -0.2) is 21.9 Å². The van der Waals surface area contributed by atoms with Gasteiger partial charge in [0.2, 0.25) is 0 Å². The van der Waals surface area contributed by atoms with Crippen LogP contribution in [0.5, 0.6) is 0 Å². The topological polar surface area (TPSA) is 126 Å². The smallest absolute Gasteiger partial charge is 1.00 e. The Morgan fingerprint density at radius 2 is 0.714 bits per heavy atom. The quantitative estimate of drug-likeness (QED) is 0.334. The Hall–Kier alpha value is 1.66. The normalized spacial score (nSPS) is 0. The van der Waals surface area contributed by atoms with Crippen LogP contribution >= 0.6 is 0 Å². The van der Waals surface area contributed by atoms with Crippen molar-refractivity contribution in [2.75, 3.05) is 0 Å². The molecule has 0 aromatic rings. The van der Waals surface area contributed by atoms with Crippen molar-refractivity contribution in [1.82, 2.24) is 0 Å². The van der Waals surface area contributed by atoms with E-state index in [9.17, 15) is 0 Å². The standard InChI is InChI=1S/Co.Li.4H2O.Ti.H/h;;4*1H2;;/q;+1;;;;;;-1.